The second-order valence-corrected chi connectivity index (χ2v) is 3.14. The summed E-state index contributed by atoms with van der Waals surface area (Å²) in [6.45, 7) is 1.88. The molecule has 0 saturated carbocycles. The van der Waals surface area contributed by atoms with E-state index in [1.807, 2.05) is 0 Å². The highest BCUT2D eigenvalue weighted by Crippen LogP contribution is 2.18. The summed E-state index contributed by atoms with van der Waals surface area (Å²) < 4.78 is 0. The van der Waals surface area contributed by atoms with Crippen molar-refractivity contribution in [3.05, 3.63) is 0 Å². The van der Waals surface area contributed by atoms with Gasteiger partial charge in [-0.15, -0.1) is 0 Å². The van der Waals surface area contributed by atoms with Crippen LogP contribution < -0.4 is 11.3 Å². The Bertz CT molecular complexity index is 164. The average Bonchev–Trinajstić information content (AvgIpc) is 2.07. The molecule has 0 radical (unpaired) electrons. The van der Waals surface area contributed by atoms with Gasteiger partial charge in [0.2, 0.25) is 0 Å². The third-order valence-electron chi connectivity index (χ3n) is 2.33. The molecular weight excluding hydrogens is 140 g/mol. The van der Waals surface area contributed by atoms with Gasteiger partial charge in [0.05, 0.1) is 6.07 Å². The standard InChI is InChI=1S/C7H14N4/c1-11-4-2-7(6-8,10-9)3-5-11/h10H,2-5,9H2,1H3. The van der Waals surface area contributed by atoms with Crippen molar-refractivity contribution >= 4 is 0 Å². The van der Waals surface area contributed by atoms with E-state index >= 15 is 0 Å². The normalized spacial score (nSPS) is 24.5. The van der Waals surface area contributed by atoms with Crippen LogP contribution in [0.3, 0.4) is 0 Å². The van der Waals surface area contributed by atoms with Gasteiger partial charge in [-0.2, -0.15) is 5.26 Å². The number of hydrogen-bond donors (Lipinski definition) is 2. The van der Waals surface area contributed by atoms with Crippen LogP contribution in [0.15, 0.2) is 0 Å². The van der Waals surface area contributed by atoms with E-state index in [0.717, 1.165) is 25.9 Å². The second-order valence-electron chi connectivity index (χ2n) is 3.14. The molecule has 1 saturated heterocycles. The fraction of sp³-hybridized carbons (Fsp3) is 0.857. The van der Waals surface area contributed by atoms with Crippen LogP contribution in [0, 0.1) is 11.3 Å². The predicted molar refractivity (Wildman–Crippen MR) is 42.4 cm³/mol. The third kappa shape index (κ3) is 1.69. The SMILES string of the molecule is CN1CCC(C#N)(NN)CC1. The minimum Gasteiger partial charge on any atom is -0.306 e. The van der Waals surface area contributed by atoms with Crippen molar-refractivity contribution in [1.82, 2.24) is 10.3 Å². The molecule has 0 spiro atoms. The second kappa shape index (κ2) is 3.18. The van der Waals surface area contributed by atoms with Crippen LogP contribution in [0.4, 0.5) is 0 Å². The lowest BCUT2D eigenvalue weighted by molar-refractivity contribution is 0.197. The van der Waals surface area contributed by atoms with Gasteiger partial charge in [-0.05, 0) is 19.9 Å². The smallest absolute Gasteiger partial charge is 0.121 e. The van der Waals surface area contributed by atoms with Gasteiger partial charge in [-0.3, -0.25) is 5.84 Å². The number of piperidine rings is 1. The number of nitrogens with zero attached hydrogens (tertiary/aromatic N) is 2. The quantitative estimate of drug-likeness (QED) is 0.392. The lowest BCUT2D eigenvalue weighted by atomic mass is 9.90. The van der Waals surface area contributed by atoms with Crippen molar-refractivity contribution in [2.75, 3.05) is 20.1 Å². The van der Waals surface area contributed by atoms with Gasteiger partial charge >= 0.3 is 0 Å². The van der Waals surface area contributed by atoms with Crippen LogP contribution in [0.5, 0.6) is 0 Å². The largest absolute Gasteiger partial charge is 0.306 e. The molecule has 1 aliphatic rings. The summed E-state index contributed by atoms with van der Waals surface area (Å²) in [4.78, 5) is 2.20. The molecule has 0 unspecified atom stereocenters. The summed E-state index contributed by atoms with van der Waals surface area (Å²) in [6.07, 6.45) is 1.63. The zero-order valence-corrected chi connectivity index (χ0v) is 6.80. The van der Waals surface area contributed by atoms with Crippen molar-refractivity contribution < 1.29 is 0 Å². The van der Waals surface area contributed by atoms with E-state index < -0.39 is 5.54 Å². The lowest BCUT2D eigenvalue weighted by Gasteiger charge is -2.34. The summed E-state index contributed by atoms with van der Waals surface area (Å²) in [5, 5.41) is 8.82. The topological polar surface area (TPSA) is 65.1 Å². The summed E-state index contributed by atoms with van der Waals surface area (Å²) in [7, 11) is 2.05. The van der Waals surface area contributed by atoms with E-state index in [9.17, 15) is 0 Å². The molecule has 0 bridgehead atoms. The van der Waals surface area contributed by atoms with Gasteiger partial charge < -0.3 is 4.90 Å². The maximum absolute atomic E-state index is 8.82. The summed E-state index contributed by atoms with van der Waals surface area (Å²) in [5.74, 6) is 5.30. The molecule has 62 valence electrons. The minimum atomic E-state index is -0.466. The first-order chi connectivity index (χ1) is 5.22. The van der Waals surface area contributed by atoms with Gasteiger partial charge in [0.15, 0.2) is 0 Å². The third-order valence-corrected chi connectivity index (χ3v) is 2.33. The van der Waals surface area contributed by atoms with E-state index in [4.69, 9.17) is 11.1 Å². The van der Waals surface area contributed by atoms with Crippen LogP contribution in [-0.4, -0.2) is 30.6 Å². The van der Waals surface area contributed by atoms with Gasteiger partial charge in [0.1, 0.15) is 5.54 Å². The molecule has 0 aromatic rings. The van der Waals surface area contributed by atoms with E-state index in [0.29, 0.717) is 0 Å². The Hall–Kier alpha value is -0.630. The molecule has 4 heteroatoms. The lowest BCUT2D eigenvalue weighted by Crippen LogP contribution is -2.54. The van der Waals surface area contributed by atoms with Crippen molar-refractivity contribution in [2.24, 2.45) is 5.84 Å². The van der Waals surface area contributed by atoms with Crippen molar-refractivity contribution in [3.63, 3.8) is 0 Å². The Kier molecular flexibility index (Phi) is 2.45. The Labute approximate surface area is 66.9 Å². The Morgan fingerprint density at radius 3 is 2.45 bits per heavy atom. The highest BCUT2D eigenvalue weighted by Gasteiger charge is 2.32. The Morgan fingerprint density at radius 1 is 1.55 bits per heavy atom. The highest BCUT2D eigenvalue weighted by molar-refractivity contribution is 5.08. The summed E-state index contributed by atoms with van der Waals surface area (Å²) >= 11 is 0. The van der Waals surface area contributed by atoms with Crippen LogP contribution in [0.25, 0.3) is 0 Å². The first-order valence-electron chi connectivity index (χ1n) is 3.80. The molecule has 0 aromatic heterocycles. The van der Waals surface area contributed by atoms with Gasteiger partial charge in [0, 0.05) is 13.1 Å². The van der Waals surface area contributed by atoms with E-state index in [2.05, 4.69) is 23.4 Å². The molecule has 1 heterocycles. The highest BCUT2D eigenvalue weighted by atomic mass is 15.3. The van der Waals surface area contributed by atoms with Crippen LogP contribution in [0.2, 0.25) is 0 Å². The minimum absolute atomic E-state index is 0.466. The van der Waals surface area contributed by atoms with Gasteiger partial charge in [0.25, 0.3) is 0 Å². The molecule has 0 aromatic carbocycles. The average molecular weight is 154 g/mol. The number of nitrogens with two attached hydrogens (primary N) is 1. The molecule has 1 fully saturated rings. The number of nitriles is 1. The number of nitrogens with one attached hydrogen (secondary N) is 1. The molecule has 0 atom stereocenters. The number of hydrogen-bond acceptors (Lipinski definition) is 4. The van der Waals surface area contributed by atoms with Crippen molar-refractivity contribution in [3.8, 4) is 6.07 Å². The number of likely N-dealkylation sites (tertiary alicyclic amines) is 1. The van der Waals surface area contributed by atoms with Crippen LogP contribution in [-0.2, 0) is 0 Å². The molecule has 1 aliphatic heterocycles. The monoisotopic (exact) mass is 154 g/mol. The van der Waals surface area contributed by atoms with Crippen molar-refractivity contribution in [1.29, 1.82) is 5.26 Å². The molecule has 1 rings (SSSR count). The van der Waals surface area contributed by atoms with Gasteiger partial charge in [-0.25, -0.2) is 5.43 Å². The molecule has 11 heavy (non-hydrogen) atoms. The van der Waals surface area contributed by atoms with Gasteiger partial charge in [-0.1, -0.05) is 0 Å². The first-order valence-corrected chi connectivity index (χ1v) is 3.80. The molecular formula is C7H14N4. The summed E-state index contributed by atoms with van der Waals surface area (Å²) in [6, 6.07) is 2.22. The zero-order valence-electron chi connectivity index (χ0n) is 6.80. The predicted octanol–water partition coefficient (Wildman–Crippen LogP) is -0.562. The maximum Gasteiger partial charge on any atom is 0.121 e. The van der Waals surface area contributed by atoms with E-state index in [1.165, 1.54) is 0 Å². The Morgan fingerprint density at radius 2 is 2.09 bits per heavy atom. The van der Waals surface area contributed by atoms with Crippen LogP contribution >= 0.6 is 0 Å². The molecule has 3 N–H and O–H groups in total. The number of hydrazine groups is 1. The summed E-state index contributed by atoms with van der Waals surface area (Å²) in [5.41, 5.74) is 2.13. The molecule has 4 nitrogen and oxygen atoms in total. The fourth-order valence-corrected chi connectivity index (χ4v) is 1.29. The Balaban J connectivity index is 2.54. The van der Waals surface area contributed by atoms with E-state index in [1.54, 1.807) is 0 Å². The van der Waals surface area contributed by atoms with E-state index in [-0.39, 0.29) is 0 Å². The zero-order chi connectivity index (χ0) is 8.32. The van der Waals surface area contributed by atoms with Crippen molar-refractivity contribution in [2.45, 2.75) is 18.4 Å². The van der Waals surface area contributed by atoms with Crippen LogP contribution in [0.1, 0.15) is 12.8 Å². The first kappa shape index (κ1) is 8.47. The fourth-order valence-electron chi connectivity index (χ4n) is 1.29. The maximum atomic E-state index is 8.82. The number of rotatable bonds is 1. The molecule has 0 aliphatic carbocycles. The molecule has 0 amide bonds.